The molecule has 27 heavy (non-hydrogen) atoms. The zero-order valence-corrected chi connectivity index (χ0v) is 15.5. The van der Waals surface area contributed by atoms with Gasteiger partial charge in [0, 0.05) is 25.0 Å². The summed E-state index contributed by atoms with van der Waals surface area (Å²) < 4.78 is 7.07. The standard InChI is InChI=1S/C19H20N4O4/c1-19(2,3)27-18(26)22(4)15-9-10-23-11-14(20-17(23)21-15)12-5-7-13(8-6-12)16(24)25/h5-11H,1-4H3,(H,24,25). The Balaban J connectivity index is 1.88. The van der Waals surface area contributed by atoms with E-state index in [0.29, 0.717) is 17.3 Å². The third-order valence-electron chi connectivity index (χ3n) is 3.75. The molecule has 3 rings (SSSR count). The average Bonchev–Trinajstić information content (AvgIpc) is 3.02. The van der Waals surface area contributed by atoms with Crippen molar-refractivity contribution < 1.29 is 19.4 Å². The molecular formula is C19H20N4O4. The first kappa shape index (κ1) is 18.4. The number of imidazole rings is 1. The van der Waals surface area contributed by atoms with Gasteiger partial charge in [0.05, 0.1) is 11.3 Å². The molecule has 1 aromatic carbocycles. The van der Waals surface area contributed by atoms with Crippen LogP contribution in [0.2, 0.25) is 0 Å². The van der Waals surface area contributed by atoms with E-state index in [9.17, 15) is 9.59 Å². The van der Waals surface area contributed by atoms with Crippen LogP contribution in [0.1, 0.15) is 31.1 Å². The predicted molar refractivity (Wildman–Crippen MR) is 100 cm³/mol. The Morgan fingerprint density at radius 3 is 2.37 bits per heavy atom. The SMILES string of the molecule is CN(C(=O)OC(C)(C)C)c1ccn2cc(-c3ccc(C(=O)O)cc3)nc2n1. The number of benzene rings is 1. The van der Waals surface area contributed by atoms with Crippen molar-refractivity contribution >= 4 is 23.7 Å². The molecule has 1 N–H and O–H groups in total. The third kappa shape index (κ3) is 4.05. The van der Waals surface area contributed by atoms with Crippen LogP contribution in [0.5, 0.6) is 0 Å². The molecule has 8 nitrogen and oxygen atoms in total. The first-order valence-corrected chi connectivity index (χ1v) is 8.30. The van der Waals surface area contributed by atoms with Gasteiger partial charge in [-0.15, -0.1) is 0 Å². The van der Waals surface area contributed by atoms with Gasteiger partial charge in [0.2, 0.25) is 5.78 Å². The summed E-state index contributed by atoms with van der Waals surface area (Å²) in [7, 11) is 1.58. The van der Waals surface area contributed by atoms with Gasteiger partial charge in [-0.1, -0.05) is 12.1 Å². The summed E-state index contributed by atoms with van der Waals surface area (Å²) in [5.74, 6) is -0.150. The summed E-state index contributed by atoms with van der Waals surface area (Å²) >= 11 is 0. The first-order chi connectivity index (χ1) is 12.6. The fraction of sp³-hybridized carbons (Fsp3) is 0.263. The van der Waals surface area contributed by atoms with Crippen molar-refractivity contribution in [1.82, 2.24) is 14.4 Å². The van der Waals surface area contributed by atoms with Gasteiger partial charge in [-0.3, -0.25) is 9.30 Å². The van der Waals surface area contributed by atoms with Crippen LogP contribution in [-0.2, 0) is 4.74 Å². The maximum absolute atomic E-state index is 12.2. The van der Waals surface area contributed by atoms with E-state index in [2.05, 4.69) is 9.97 Å². The van der Waals surface area contributed by atoms with Gasteiger partial charge in [0.15, 0.2) is 0 Å². The molecule has 2 aromatic heterocycles. The lowest BCUT2D eigenvalue weighted by Gasteiger charge is -2.24. The Labute approximate surface area is 156 Å². The molecule has 0 saturated carbocycles. The van der Waals surface area contributed by atoms with Crippen molar-refractivity contribution in [2.45, 2.75) is 26.4 Å². The molecule has 0 spiro atoms. The molecule has 0 radical (unpaired) electrons. The number of nitrogens with zero attached hydrogens (tertiary/aromatic N) is 4. The Bertz CT molecular complexity index is 1000. The van der Waals surface area contributed by atoms with Gasteiger partial charge < -0.3 is 9.84 Å². The van der Waals surface area contributed by atoms with Crippen LogP contribution in [0.25, 0.3) is 17.0 Å². The van der Waals surface area contributed by atoms with Crippen LogP contribution in [0.15, 0.2) is 42.7 Å². The van der Waals surface area contributed by atoms with Gasteiger partial charge in [0.25, 0.3) is 0 Å². The molecular weight excluding hydrogens is 348 g/mol. The minimum absolute atomic E-state index is 0.210. The largest absolute Gasteiger partial charge is 0.478 e. The first-order valence-electron chi connectivity index (χ1n) is 8.30. The predicted octanol–water partition coefficient (Wildman–Crippen LogP) is 3.47. The van der Waals surface area contributed by atoms with Crippen LogP contribution >= 0.6 is 0 Å². The average molecular weight is 368 g/mol. The van der Waals surface area contributed by atoms with Gasteiger partial charge in [0.1, 0.15) is 11.4 Å². The maximum atomic E-state index is 12.2. The third-order valence-corrected chi connectivity index (χ3v) is 3.75. The molecule has 0 unspecified atom stereocenters. The zero-order valence-electron chi connectivity index (χ0n) is 15.5. The second kappa shape index (κ2) is 6.71. The monoisotopic (exact) mass is 368 g/mol. The molecule has 0 atom stereocenters. The van der Waals surface area contributed by atoms with Crippen LogP contribution in [-0.4, -0.2) is 44.2 Å². The summed E-state index contributed by atoms with van der Waals surface area (Å²) in [5.41, 5.74) is 1.03. The molecule has 3 aromatic rings. The molecule has 0 aliphatic rings. The number of hydrogen-bond acceptors (Lipinski definition) is 5. The number of aromatic carboxylic acids is 1. The lowest BCUT2D eigenvalue weighted by Crippen LogP contribution is -2.34. The summed E-state index contributed by atoms with van der Waals surface area (Å²) in [6, 6.07) is 8.13. The number of anilines is 1. The summed E-state index contributed by atoms with van der Waals surface area (Å²) in [4.78, 5) is 33.3. The number of carboxylic acids is 1. The number of carbonyl (C=O) groups is 2. The van der Waals surface area contributed by atoms with Gasteiger partial charge in [-0.2, -0.15) is 4.98 Å². The number of amides is 1. The Kier molecular flexibility index (Phi) is 4.57. The van der Waals surface area contributed by atoms with Gasteiger partial charge in [-0.05, 0) is 39.0 Å². The van der Waals surface area contributed by atoms with Crippen LogP contribution in [0, 0.1) is 0 Å². The Morgan fingerprint density at radius 1 is 1.11 bits per heavy atom. The number of carbonyl (C=O) groups excluding carboxylic acids is 1. The summed E-state index contributed by atoms with van der Waals surface area (Å²) in [6.07, 6.45) is 3.03. The topological polar surface area (TPSA) is 97.0 Å². The second-order valence-electron chi connectivity index (χ2n) is 7.04. The number of hydrogen-bond donors (Lipinski definition) is 1. The number of aromatic nitrogens is 3. The highest BCUT2D eigenvalue weighted by atomic mass is 16.6. The highest BCUT2D eigenvalue weighted by Crippen LogP contribution is 2.21. The maximum Gasteiger partial charge on any atom is 0.415 e. The van der Waals surface area contributed by atoms with Gasteiger partial charge in [-0.25, -0.2) is 14.6 Å². The van der Waals surface area contributed by atoms with E-state index in [-0.39, 0.29) is 5.56 Å². The number of carboxylic acid groups (broad SMARTS) is 1. The molecule has 1 amide bonds. The van der Waals surface area contributed by atoms with Crippen LogP contribution in [0.4, 0.5) is 10.6 Å². The Morgan fingerprint density at radius 2 is 1.78 bits per heavy atom. The summed E-state index contributed by atoms with van der Waals surface area (Å²) in [6.45, 7) is 5.39. The molecule has 2 heterocycles. The van der Waals surface area contributed by atoms with Crippen molar-refractivity contribution in [1.29, 1.82) is 0 Å². The van der Waals surface area contributed by atoms with Crippen molar-refractivity contribution in [3.63, 3.8) is 0 Å². The fourth-order valence-corrected chi connectivity index (χ4v) is 2.40. The van der Waals surface area contributed by atoms with Crippen molar-refractivity contribution in [3.8, 4) is 11.3 Å². The smallest absolute Gasteiger partial charge is 0.415 e. The van der Waals surface area contributed by atoms with Crippen molar-refractivity contribution in [2.24, 2.45) is 0 Å². The number of rotatable bonds is 3. The van der Waals surface area contributed by atoms with Crippen LogP contribution in [0.3, 0.4) is 0 Å². The summed E-state index contributed by atoms with van der Waals surface area (Å²) in [5, 5.41) is 8.99. The molecule has 0 bridgehead atoms. The van der Waals surface area contributed by atoms with E-state index in [1.165, 1.54) is 17.0 Å². The minimum atomic E-state index is -0.979. The lowest BCUT2D eigenvalue weighted by molar-refractivity contribution is 0.0587. The van der Waals surface area contributed by atoms with E-state index in [0.717, 1.165) is 5.56 Å². The number of fused-ring (bicyclic) bond motifs is 1. The fourth-order valence-electron chi connectivity index (χ4n) is 2.40. The normalized spacial score (nSPS) is 11.4. The lowest BCUT2D eigenvalue weighted by atomic mass is 10.1. The molecule has 0 aliphatic heterocycles. The van der Waals surface area contributed by atoms with E-state index >= 15 is 0 Å². The minimum Gasteiger partial charge on any atom is -0.478 e. The van der Waals surface area contributed by atoms with E-state index < -0.39 is 17.7 Å². The highest BCUT2D eigenvalue weighted by Gasteiger charge is 2.21. The molecule has 0 aliphatic carbocycles. The van der Waals surface area contributed by atoms with Crippen LogP contribution < -0.4 is 4.90 Å². The second-order valence-corrected chi connectivity index (χ2v) is 7.04. The van der Waals surface area contributed by atoms with Gasteiger partial charge >= 0.3 is 12.1 Å². The number of ether oxygens (including phenoxy) is 1. The molecule has 140 valence electrons. The quantitative estimate of drug-likeness (QED) is 0.760. The molecule has 0 saturated heterocycles. The van der Waals surface area contributed by atoms with E-state index in [1.807, 2.05) is 0 Å². The van der Waals surface area contributed by atoms with Crippen molar-refractivity contribution in [3.05, 3.63) is 48.3 Å². The van der Waals surface area contributed by atoms with E-state index in [4.69, 9.17) is 9.84 Å². The highest BCUT2D eigenvalue weighted by molar-refractivity contribution is 5.88. The molecule has 8 heteroatoms. The Hall–Kier alpha value is -3.42. The van der Waals surface area contributed by atoms with Crippen molar-refractivity contribution in [2.75, 3.05) is 11.9 Å². The zero-order chi connectivity index (χ0) is 19.8. The van der Waals surface area contributed by atoms with E-state index in [1.54, 1.807) is 62.8 Å². The molecule has 0 fully saturated rings.